The number of carbonyl (C=O) groups is 1. The first-order valence-electron chi connectivity index (χ1n) is 4.11. The van der Waals surface area contributed by atoms with Gasteiger partial charge in [-0.15, -0.1) is 0 Å². The summed E-state index contributed by atoms with van der Waals surface area (Å²) in [5.41, 5.74) is 0.301. The maximum atomic E-state index is 10.6. The van der Waals surface area contributed by atoms with Crippen molar-refractivity contribution in [2.45, 2.75) is 18.6 Å². The van der Waals surface area contributed by atoms with E-state index in [1.165, 1.54) is 0 Å². The molecule has 2 rings (SSSR count). The van der Waals surface area contributed by atoms with E-state index in [1.54, 1.807) is 6.92 Å². The van der Waals surface area contributed by atoms with Gasteiger partial charge in [-0.2, -0.15) is 0 Å². The third-order valence-corrected chi connectivity index (χ3v) is 2.38. The topological polar surface area (TPSA) is 49.8 Å². The summed E-state index contributed by atoms with van der Waals surface area (Å²) in [7, 11) is 0. The van der Waals surface area contributed by atoms with Crippen molar-refractivity contribution in [2.75, 3.05) is 0 Å². The zero-order valence-corrected chi connectivity index (χ0v) is 7.23. The number of carboxylic acid groups (broad SMARTS) is 1. The molecule has 0 saturated carbocycles. The highest BCUT2D eigenvalue weighted by Gasteiger charge is 2.58. The summed E-state index contributed by atoms with van der Waals surface area (Å²) in [5.74, 6) is -0.897. The zero-order chi connectivity index (χ0) is 9.47. The predicted octanol–water partition coefficient (Wildman–Crippen LogP) is 1.39. The first kappa shape index (κ1) is 8.26. The van der Waals surface area contributed by atoms with Gasteiger partial charge in [-0.1, -0.05) is 30.3 Å². The largest absolute Gasteiger partial charge is 0.479 e. The number of epoxide rings is 1. The number of hydrogen-bond donors (Lipinski definition) is 1. The van der Waals surface area contributed by atoms with E-state index in [4.69, 9.17) is 9.84 Å². The highest BCUT2D eigenvalue weighted by Crippen LogP contribution is 2.45. The fourth-order valence-electron chi connectivity index (χ4n) is 1.49. The highest BCUT2D eigenvalue weighted by atomic mass is 16.6. The molecule has 1 N–H and O–H groups in total. The Morgan fingerprint density at radius 2 is 2.08 bits per heavy atom. The molecule has 1 fully saturated rings. The molecule has 0 radical (unpaired) electrons. The van der Waals surface area contributed by atoms with Crippen LogP contribution in [0.5, 0.6) is 0 Å². The monoisotopic (exact) mass is 178 g/mol. The number of carboxylic acids is 1. The Kier molecular flexibility index (Phi) is 1.63. The lowest BCUT2D eigenvalue weighted by atomic mass is 9.98. The van der Waals surface area contributed by atoms with Gasteiger partial charge in [-0.3, -0.25) is 0 Å². The molecule has 2 unspecified atom stereocenters. The van der Waals surface area contributed by atoms with E-state index in [2.05, 4.69) is 0 Å². The number of benzene rings is 1. The van der Waals surface area contributed by atoms with Gasteiger partial charge in [-0.25, -0.2) is 4.79 Å². The molecule has 2 atom stereocenters. The van der Waals surface area contributed by atoms with E-state index < -0.39 is 17.7 Å². The molecule has 0 aliphatic carbocycles. The van der Waals surface area contributed by atoms with Crippen molar-refractivity contribution in [1.29, 1.82) is 0 Å². The Bertz CT molecular complexity index is 333. The summed E-state index contributed by atoms with van der Waals surface area (Å²) in [6, 6.07) is 9.40. The number of ether oxygens (including phenoxy) is 1. The molecule has 13 heavy (non-hydrogen) atoms. The van der Waals surface area contributed by atoms with E-state index in [9.17, 15) is 4.79 Å². The second kappa shape index (κ2) is 2.57. The van der Waals surface area contributed by atoms with E-state index in [0.29, 0.717) is 0 Å². The minimum Gasteiger partial charge on any atom is -0.479 e. The average Bonchev–Trinajstić information content (AvgIpc) is 2.82. The molecular weight excluding hydrogens is 168 g/mol. The Morgan fingerprint density at radius 3 is 2.54 bits per heavy atom. The van der Waals surface area contributed by atoms with Crippen LogP contribution in [0.1, 0.15) is 12.5 Å². The van der Waals surface area contributed by atoms with Gasteiger partial charge in [0, 0.05) is 0 Å². The van der Waals surface area contributed by atoms with Crippen molar-refractivity contribution in [1.82, 2.24) is 0 Å². The van der Waals surface area contributed by atoms with Crippen LogP contribution in [-0.4, -0.2) is 17.2 Å². The minimum atomic E-state index is -0.897. The molecule has 68 valence electrons. The molecule has 1 aromatic carbocycles. The van der Waals surface area contributed by atoms with Gasteiger partial charge >= 0.3 is 5.97 Å². The van der Waals surface area contributed by atoms with Crippen molar-refractivity contribution in [3.8, 4) is 0 Å². The summed E-state index contributed by atoms with van der Waals surface area (Å²) < 4.78 is 5.15. The van der Waals surface area contributed by atoms with Crippen LogP contribution in [0.4, 0.5) is 0 Å². The number of aliphatic carboxylic acids is 1. The molecule has 3 heteroatoms. The normalized spacial score (nSPS) is 31.3. The quantitative estimate of drug-likeness (QED) is 0.696. The van der Waals surface area contributed by atoms with Gasteiger partial charge in [0.25, 0.3) is 0 Å². The molecule has 1 heterocycles. The van der Waals surface area contributed by atoms with Crippen molar-refractivity contribution < 1.29 is 14.6 Å². The molecule has 0 aromatic heterocycles. The van der Waals surface area contributed by atoms with Gasteiger partial charge in [0.1, 0.15) is 5.60 Å². The molecule has 1 aromatic rings. The SMILES string of the molecule is CC1(c2ccccc2)OC1C(=O)O. The standard InChI is InChI=1S/C10H10O3/c1-10(8(13-10)9(11)12)7-5-3-2-4-6-7/h2-6,8H,1H3,(H,11,12). The third-order valence-electron chi connectivity index (χ3n) is 2.38. The number of hydrogen-bond acceptors (Lipinski definition) is 2. The Hall–Kier alpha value is -1.35. The van der Waals surface area contributed by atoms with Crippen molar-refractivity contribution in [3.05, 3.63) is 35.9 Å². The average molecular weight is 178 g/mol. The fourth-order valence-corrected chi connectivity index (χ4v) is 1.49. The lowest BCUT2D eigenvalue weighted by Gasteiger charge is -2.03. The smallest absolute Gasteiger partial charge is 0.336 e. The van der Waals surface area contributed by atoms with Crippen molar-refractivity contribution in [3.63, 3.8) is 0 Å². The van der Waals surface area contributed by atoms with Crippen LogP contribution < -0.4 is 0 Å². The Labute approximate surface area is 76.0 Å². The maximum Gasteiger partial charge on any atom is 0.336 e. The number of rotatable bonds is 2. The zero-order valence-electron chi connectivity index (χ0n) is 7.23. The van der Waals surface area contributed by atoms with Crippen LogP contribution in [0.2, 0.25) is 0 Å². The lowest BCUT2D eigenvalue weighted by molar-refractivity contribution is -0.138. The molecule has 1 aliphatic heterocycles. The van der Waals surface area contributed by atoms with E-state index >= 15 is 0 Å². The van der Waals surface area contributed by atoms with Gasteiger partial charge < -0.3 is 9.84 Å². The van der Waals surface area contributed by atoms with E-state index in [1.807, 2.05) is 30.3 Å². The lowest BCUT2D eigenvalue weighted by Crippen LogP contribution is -2.15. The molecule has 0 bridgehead atoms. The summed E-state index contributed by atoms with van der Waals surface area (Å²) in [5, 5.41) is 8.73. The second-order valence-electron chi connectivity index (χ2n) is 3.31. The van der Waals surface area contributed by atoms with Crippen molar-refractivity contribution >= 4 is 5.97 Å². The molecule has 1 aliphatic rings. The molecular formula is C10H10O3. The minimum absolute atomic E-state index is 0.618. The first-order chi connectivity index (χ1) is 6.14. The van der Waals surface area contributed by atoms with Crippen LogP contribution in [0, 0.1) is 0 Å². The van der Waals surface area contributed by atoms with Gasteiger partial charge in [0.15, 0.2) is 6.10 Å². The second-order valence-corrected chi connectivity index (χ2v) is 3.31. The summed E-state index contributed by atoms with van der Waals surface area (Å²) in [4.78, 5) is 10.6. The summed E-state index contributed by atoms with van der Waals surface area (Å²) in [6.45, 7) is 1.79. The summed E-state index contributed by atoms with van der Waals surface area (Å²) >= 11 is 0. The van der Waals surface area contributed by atoms with Crippen LogP contribution in [0.3, 0.4) is 0 Å². The van der Waals surface area contributed by atoms with Gasteiger partial charge in [0.05, 0.1) is 0 Å². The van der Waals surface area contributed by atoms with Gasteiger partial charge in [0.2, 0.25) is 0 Å². The predicted molar refractivity (Wildman–Crippen MR) is 46.3 cm³/mol. The van der Waals surface area contributed by atoms with Crippen LogP contribution in [0.25, 0.3) is 0 Å². The Morgan fingerprint density at radius 1 is 1.46 bits per heavy atom. The first-order valence-corrected chi connectivity index (χ1v) is 4.11. The summed E-state index contributed by atoms with van der Waals surface area (Å²) in [6.07, 6.45) is -0.685. The highest BCUT2D eigenvalue weighted by molar-refractivity contribution is 5.77. The maximum absolute atomic E-state index is 10.6. The van der Waals surface area contributed by atoms with E-state index in [0.717, 1.165) is 5.56 Å². The van der Waals surface area contributed by atoms with Crippen LogP contribution in [0.15, 0.2) is 30.3 Å². The fraction of sp³-hybridized carbons (Fsp3) is 0.300. The third kappa shape index (κ3) is 1.21. The van der Waals surface area contributed by atoms with Crippen molar-refractivity contribution in [2.24, 2.45) is 0 Å². The van der Waals surface area contributed by atoms with Crippen LogP contribution >= 0.6 is 0 Å². The molecule has 1 saturated heterocycles. The Balaban J connectivity index is 2.25. The molecule has 0 amide bonds. The van der Waals surface area contributed by atoms with E-state index in [-0.39, 0.29) is 0 Å². The van der Waals surface area contributed by atoms with Gasteiger partial charge in [-0.05, 0) is 12.5 Å². The molecule has 3 nitrogen and oxygen atoms in total. The van der Waals surface area contributed by atoms with Crippen LogP contribution in [-0.2, 0) is 15.1 Å². The molecule has 0 spiro atoms.